The lowest BCUT2D eigenvalue weighted by molar-refractivity contribution is 0.100. The van der Waals surface area contributed by atoms with Gasteiger partial charge in [0.15, 0.2) is 5.13 Å². The van der Waals surface area contributed by atoms with E-state index in [2.05, 4.69) is 4.98 Å². The Hall–Kier alpha value is -1.88. The van der Waals surface area contributed by atoms with Gasteiger partial charge in [-0.1, -0.05) is 29.5 Å². The molecule has 0 unspecified atom stereocenters. The van der Waals surface area contributed by atoms with Crippen LogP contribution in [0.2, 0.25) is 0 Å². The van der Waals surface area contributed by atoms with E-state index in [0.29, 0.717) is 10.6 Å². The minimum Gasteiger partial charge on any atom is -0.365 e. The summed E-state index contributed by atoms with van der Waals surface area (Å²) < 4.78 is 0. The number of para-hydroxylation sites is 1. The van der Waals surface area contributed by atoms with Gasteiger partial charge in [0.1, 0.15) is 4.88 Å². The first-order chi connectivity index (χ1) is 8.09. The second kappa shape index (κ2) is 4.55. The first-order valence-corrected chi connectivity index (χ1v) is 5.97. The van der Waals surface area contributed by atoms with E-state index in [4.69, 9.17) is 5.73 Å². The number of aromatic nitrogens is 1. The molecule has 2 N–H and O–H groups in total. The molecule has 1 aromatic carbocycles. The van der Waals surface area contributed by atoms with Gasteiger partial charge in [-0.25, -0.2) is 4.98 Å². The van der Waals surface area contributed by atoms with E-state index in [-0.39, 0.29) is 0 Å². The van der Waals surface area contributed by atoms with Crippen molar-refractivity contribution in [2.24, 2.45) is 5.73 Å². The van der Waals surface area contributed by atoms with Crippen LogP contribution in [0.1, 0.15) is 15.4 Å². The third kappa shape index (κ3) is 2.29. The molecule has 0 aliphatic carbocycles. The van der Waals surface area contributed by atoms with Crippen LogP contribution >= 0.6 is 11.3 Å². The van der Waals surface area contributed by atoms with Crippen LogP contribution in [0.5, 0.6) is 0 Å². The predicted molar refractivity (Wildman–Crippen MR) is 69.9 cm³/mol. The molecule has 0 saturated heterocycles. The fourth-order valence-electron chi connectivity index (χ4n) is 1.52. The van der Waals surface area contributed by atoms with Crippen molar-refractivity contribution in [3.8, 4) is 0 Å². The molecular weight excluding hydrogens is 234 g/mol. The topological polar surface area (TPSA) is 59.2 Å². The average molecular weight is 247 g/mol. The van der Waals surface area contributed by atoms with Crippen LogP contribution in [-0.2, 0) is 0 Å². The van der Waals surface area contributed by atoms with Gasteiger partial charge in [0, 0.05) is 12.7 Å². The molecule has 88 valence electrons. The standard InChI is InChI=1S/C12H13N3OS/c1-8-10(11(13)16)17-12(14-8)15(2)9-6-4-3-5-7-9/h3-7H,1-2H3,(H2,13,16). The number of benzene rings is 1. The molecule has 0 spiro atoms. The summed E-state index contributed by atoms with van der Waals surface area (Å²) in [5.74, 6) is -0.423. The SMILES string of the molecule is Cc1nc(N(C)c2ccccc2)sc1C(N)=O. The minimum atomic E-state index is -0.423. The van der Waals surface area contributed by atoms with Crippen molar-refractivity contribution in [3.05, 3.63) is 40.9 Å². The normalized spacial score (nSPS) is 10.2. The molecule has 0 fully saturated rings. The fourth-order valence-corrected chi connectivity index (χ4v) is 2.42. The van der Waals surface area contributed by atoms with Gasteiger partial charge in [-0.15, -0.1) is 0 Å². The second-order valence-corrected chi connectivity index (χ2v) is 4.65. The zero-order chi connectivity index (χ0) is 12.4. The van der Waals surface area contributed by atoms with Crippen molar-refractivity contribution < 1.29 is 4.79 Å². The minimum absolute atomic E-state index is 0.423. The zero-order valence-electron chi connectivity index (χ0n) is 9.68. The maximum atomic E-state index is 11.2. The first-order valence-electron chi connectivity index (χ1n) is 5.15. The van der Waals surface area contributed by atoms with Gasteiger partial charge in [-0.05, 0) is 19.1 Å². The van der Waals surface area contributed by atoms with Crippen LogP contribution in [0, 0.1) is 6.92 Å². The second-order valence-electron chi connectivity index (χ2n) is 3.67. The Morgan fingerprint density at radius 1 is 1.35 bits per heavy atom. The van der Waals surface area contributed by atoms with Gasteiger partial charge < -0.3 is 10.6 Å². The molecule has 0 aliphatic heterocycles. The Balaban J connectivity index is 2.35. The number of carbonyl (C=O) groups is 1. The van der Waals surface area contributed by atoms with Gasteiger partial charge in [-0.3, -0.25) is 4.79 Å². The summed E-state index contributed by atoms with van der Waals surface area (Å²) in [5.41, 5.74) is 6.99. The predicted octanol–water partition coefficient (Wildman–Crippen LogP) is 2.32. The Kier molecular flexibility index (Phi) is 3.10. The van der Waals surface area contributed by atoms with E-state index in [9.17, 15) is 4.79 Å². The van der Waals surface area contributed by atoms with E-state index in [0.717, 1.165) is 10.8 Å². The van der Waals surface area contributed by atoms with Crippen LogP contribution in [0.25, 0.3) is 0 Å². The molecule has 0 aliphatic rings. The Labute approximate surface area is 104 Å². The number of primary amides is 1. The summed E-state index contributed by atoms with van der Waals surface area (Å²) in [6.45, 7) is 1.79. The lowest BCUT2D eigenvalue weighted by Crippen LogP contribution is -2.10. The molecule has 1 heterocycles. The molecule has 0 bridgehead atoms. The van der Waals surface area contributed by atoms with Crippen LogP contribution in [0.15, 0.2) is 30.3 Å². The summed E-state index contributed by atoms with van der Waals surface area (Å²) in [6, 6.07) is 9.85. The highest BCUT2D eigenvalue weighted by Crippen LogP contribution is 2.29. The average Bonchev–Trinajstić information content (AvgIpc) is 2.71. The van der Waals surface area contributed by atoms with E-state index >= 15 is 0 Å². The number of rotatable bonds is 3. The fraction of sp³-hybridized carbons (Fsp3) is 0.167. The Bertz CT molecular complexity index is 536. The highest BCUT2D eigenvalue weighted by Gasteiger charge is 2.15. The molecule has 1 aromatic heterocycles. The largest absolute Gasteiger partial charge is 0.365 e. The summed E-state index contributed by atoms with van der Waals surface area (Å²) in [4.78, 5) is 18.0. The number of hydrogen-bond donors (Lipinski definition) is 1. The van der Waals surface area contributed by atoms with Crippen molar-refractivity contribution in [2.45, 2.75) is 6.92 Å². The maximum Gasteiger partial charge on any atom is 0.260 e. The Morgan fingerprint density at radius 2 is 2.00 bits per heavy atom. The molecule has 1 amide bonds. The van der Waals surface area contributed by atoms with Crippen molar-refractivity contribution in [1.29, 1.82) is 0 Å². The molecule has 0 saturated carbocycles. The van der Waals surface area contributed by atoms with E-state index in [1.807, 2.05) is 42.3 Å². The molecule has 17 heavy (non-hydrogen) atoms. The number of anilines is 2. The number of thiazole rings is 1. The monoisotopic (exact) mass is 247 g/mol. The summed E-state index contributed by atoms with van der Waals surface area (Å²) >= 11 is 1.31. The summed E-state index contributed by atoms with van der Waals surface area (Å²) in [7, 11) is 1.92. The quantitative estimate of drug-likeness (QED) is 0.905. The van der Waals surface area contributed by atoms with Gasteiger partial charge in [-0.2, -0.15) is 0 Å². The third-order valence-corrected chi connectivity index (χ3v) is 3.69. The zero-order valence-corrected chi connectivity index (χ0v) is 10.5. The van der Waals surface area contributed by atoms with E-state index in [1.54, 1.807) is 6.92 Å². The smallest absolute Gasteiger partial charge is 0.260 e. The molecule has 2 rings (SSSR count). The summed E-state index contributed by atoms with van der Waals surface area (Å²) in [5, 5.41) is 0.766. The Morgan fingerprint density at radius 3 is 2.53 bits per heavy atom. The number of nitrogens with two attached hydrogens (primary N) is 1. The van der Waals surface area contributed by atoms with Crippen LogP contribution in [0.3, 0.4) is 0 Å². The van der Waals surface area contributed by atoms with Gasteiger partial charge in [0.2, 0.25) is 0 Å². The molecule has 0 atom stereocenters. The molecular formula is C12H13N3OS. The first kappa shape index (κ1) is 11.6. The number of amides is 1. The van der Waals surface area contributed by atoms with Crippen molar-refractivity contribution >= 4 is 28.1 Å². The van der Waals surface area contributed by atoms with E-state index in [1.165, 1.54) is 11.3 Å². The number of nitrogens with zero attached hydrogens (tertiary/aromatic N) is 2. The van der Waals surface area contributed by atoms with Crippen LogP contribution < -0.4 is 10.6 Å². The van der Waals surface area contributed by atoms with Crippen molar-refractivity contribution in [3.63, 3.8) is 0 Å². The number of hydrogen-bond acceptors (Lipinski definition) is 4. The van der Waals surface area contributed by atoms with Gasteiger partial charge in [0.25, 0.3) is 5.91 Å². The highest BCUT2D eigenvalue weighted by atomic mass is 32.1. The van der Waals surface area contributed by atoms with Gasteiger partial charge >= 0.3 is 0 Å². The highest BCUT2D eigenvalue weighted by molar-refractivity contribution is 7.17. The third-order valence-electron chi connectivity index (χ3n) is 2.44. The number of carbonyl (C=O) groups excluding carboxylic acids is 1. The van der Waals surface area contributed by atoms with Crippen LogP contribution in [-0.4, -0.2) is 17.9 Å². The lowest BCUT2D eigenvalue weighted by atomic mass is 10.3. The maximum absolute atomic E-state index is 11.2. The van der Waals surface area contributed by atoms with Crippen LogP contribution in [0.4, 0.5) is 10.8 Å². The van der Waals surface area contributed by atoms with Crippen molar-refractivity contribution in [1.82, 2.24) is 4.98 Å². The summed E-state index contributed by atoms with van der Waals surface area (Å²) in [6.07, 6.45) is 0. The molecule has 5 heteroatoms. The molecule has 0 radical (unpaired) electrons. The molecule has 4 nitrogen and oxygen atoms in total. The van der Waals surface area contributed by atoms with Gasteiger partial charge in [0.05, 0.1) is 5.69 Å². The number of aryl methyl sites for hydroxylation is 1. The van der Waals surface area contributed by atoms with E-state index < -0.39 is 5.91 Å². The van der Waals surface area contributed by atoms with Crippen molar-refractivity contribution in [2.75, 3.05) is 11.9 Å². The lowest BCUT2D eigenvalue weighted by Gasteiger charge is -2.15. The molecule has 2 aromatic rings.